The molecule has 0 aliphatic rings. The first-order valence-corrected chi connectivity index (χ1v) is 48.3. The Morgan fingerprint density at radius 1 is 0.382 bits per heavy atom. The van der Waals surface area contributed by atoms with Crippen molar-refractivity contribution in [1.29, 1.82) is 0 Å². The van der Waals surface area contributed by atoms with Gasteiger partial charge in [0.2, 0.25) is 47.6 Å². The highest BCUT2D eigenvalue weighted by molar-refractivity contribution is 9.10. The lowest BCUT2D eigenvalue weighted by atomic mass is 10.1. The fourth-order valence-corrected chi connectivity index (χ4v) is 14.4. The van der Waals surface area contributed by atoms with Crippen LogP contribution >= 0.6 is 39.3 Å². The molecule has 16 aromatic heterocycles. The van der Waals surface area contributed by atoms with Crippen LogP contribution in [0.25, 0.3) is 88.3 Å². The molecule has 0 aliphatic carbocycles. The molecule has 16 aromatic rings. The van der Waals surface area contributed by atoms with Crippen molar-refractivity contribution in [3.63, 3.8) is 0 Å². The summed E-state index contributed by atoms with van der Waals surface area (Å²) in [7, 11) is 1.36. The lowest BCUT2D eigenvalue weighted by Gasteiger charge is -2.22. The first-order chi connectivity index (χ1) is 69.5. The molecule has 0 radical (unpaired) electrons. The number of nitrogens with one attached hydrogen (secondary N) is 8. The summed E-state index contributed by atoms with van der Waals surface area (Å²) >= 11 is 11.0. The summed E-state index contributed by atoms with van der Waals surface area (Å²) in [5, 5.41) is 70.1. The standard InChI is InChI=1S/C13H17N5O2.C12H16BrN5O.C12H16ClN5O.C12H14F3N5.C12H17N5OS.C11H15N5.C10H13N5O.C9H11N5O/c1-3-5-9(12(19)20-2)16-11-10-8(6-4-7-15-10)17-13(14)18-11;2*1-2-3-8(6-19)16-11-10-9(17-12(14)18-11)4-7(13)5-15-10;1-2-4-8(12(13,14)15)19-10-9-7(5-3-6-17-9)18-11(16)20-10;1-19-6-4-8(7-18)15-11-10-9(3-2-5-14-10)16-12(13)17-11;1-2-3-6-14-10-9-8(5-4-7-13-9)15-11(12)16-10;11-10-14-7-3-1-4-12-8(7)9(15-10)13-5-2-6-16;10-9-13-6-2-1-3-11-7(6)8(14-9)12-4-5-15/h4,6-7,9H,3,5H2,1-2H3,(H3,14,16,17,18);2*4-5,8,19H,2-3,6H2,1H3,(H3,14,16,17,18);3,5-6,8H,2,4H2,1H3,(H3,16,18,19,20);2-3,5,8,18H,4,6-7H2,1H3,(H3,13,15,16,17);4-5,7H,2-3,6H2,1H3,(H3,12,14,15,16);1,3-4,16H,2,5-6H2,(H3,11,13,14,15);1-3,15H,4-5H2,(H3,10,12,13,14)/t9-;4*8-;;;/m00000.../s1. The number of methoxy groups -OCH3 is 1. The predicted molar refractivity (Wildman–Crippen MR) is 565 cm³/mol. The van der Waals surface area contributed by atoms with E-state index in [2.05, 4.69) is 199 Å². The van der Waals surface area contributed by atoms with E-state index in [-0.39, 0.29) is 122 Å². The van der Waals surface area contributed by atoms with E-state index in [4.69, 9.17) is 72.4 Å². The van der Waals surface area contributed by atoms with Crippen molar-refractivity contribution in [1.82, 2.24) is 120 Å². The van der Waals surface area contributed by atoms with Crippen molar-refractivity contribution in [3.8, 4) is 0 Å². The zero-order chi connectivity index (χ0) is 104. The van der Waals surface area contributed by atoms with Crippen molar-refractivity contribution in [2.45, 2.75) is 148 Å². The van der Waals surface area contributed by atoms with Gasteiger partial charge in [-0.1, -0.05) is 78.3 Å². The highest BCUT2D eigenvalue weighted by Gasteiger charge is 2.40. The minimum atomic E-state index is -4.36. The smallest absolute Gasteiger partial charge is 0.408 e. The molecule has 0 saturated carbocycles. The molecule has 47 nitrogen and oxygen atoms in total. The third-order valence-corrected chi connectivity index (χ3v) is 21.3. The Bertz CT molecular complexity index is 6560. The summed E-state index contributed by atoms with van der Waals surface area (Å²) in [4.78, 5) is 111. The number of anilines is 16. The van der Waals surface area contributed by atoms with E-state index in [0.717, 1.165) is 85.0 Å². The Kier molecular flexibility index (Phi) is 45.6. The van der Waals surface area contributed by atoms with Crippen molar-refractivity contribution in [2.24, 2.45) is 0 Å². The second-order valence-electron chi connectivity index (χ2n) is 31.1. The van der Waals surface area contributed by atoms with Crippen molar-refractivity contribution in [2.75, 3.05) is 160 Å². The number of pyridine rings is 8. The highest BCUT2D eigenvalue weighted by atomic mass is 79.9. The van der Waals surface area contributed by atoms with E-state index >= 15 is 0 Å². The molecule has 53 heteroatoms. The molecule has 0 spiro atoms. The number of nitrogens with two attached hydrogens (primary N) is 8. The molecule has 0 aromatic carbocycles. The van der Waals surface area contributed by atoms with Gasteiger partial charge in [-0.3, -0.25) is 29.9 Å². The molecule has 16 heterocycles. The Balaban J connectivity index is 0.000000184. The second-order valence-corrected chi connectivity index (χ2v) is 33.5. The maximum Gasteiger partial charge on any atom is 0.408 e. The van der Waals surface area contributed by atoms with Crippen LogP contribution in [-0.4, -0.2) is 259 Å². The molecule has 0 aliphatic heterocycles. The number of alkyl halides is 3. The van der Waals surface area contributed by atoms with Crippen molar-refractivity contribution in [3.05, 3.63) is 144 Å². The normalized spacial score (nSPS) is 12.0. The number of fused-ring (bicyclic) bond motifs is 8. The Morgan fingerprint density at radius 2 is 0.688 bits per heavy atom. The topological polar surface area (TPSA) is 741 Å². The van der Waals surface area contributed by atoms with Gasteiger partial charge in [0, 0.05) is 80.3 Å². The number of thioether (sulfide) groups is 1. The number of ether oxygens (including phenoxy) is 1. The van der Waals surface area contributed by atoms with Crippen molar-refractivity contribution < 1.29 is 48.2 Å². The number of aliphatic hydroxyl groups is 5. The van der Waals surface area contributed by atoms with Crippen molar-refractivity contribution >= 4 is 228 Å². The van der Waals surface area contributed by atoms with E-state index in [1.165, 1.54) is 19.5 Å². The fraction of sp³-hybridized carbons (Fsp3) is 0.374. The van der Waals surface area contributed by atoms with Gasteiger partial charge in [0.1, 0.15) is 56.2 Å². The predicted octanol–water partition coefficient (Wildman–Crippen LogP) is 11.3. The molecule has 16 rings (SSSR count). The molecule has 144 heavy (non-hydrogen) atoms. The first-order valence-electron chi connectivity index (χ1n) is 45.7. The van der Waals surface area contributed by atoms with Crippen LogP contribution in [0.3, 0.4) is 0 Å². The Labute approximate surface area is 843 Å². The van der Waals surface area contributed by atoms with E-state index < -0.39 is 18.3 Å². The third kappa shape index (κ3) is 34.7. The summed E-state index contributed by atoms with van der Waals surface area (Å²) in [6.45, 7) is 12.1. The maximum absolute atomic E-state index is 12.9. The number of rotatable bonds is 36. The van der Waals surface area contributed by atoms with Gasteiger partial charge in [-0.05, 0) is 158 Å². The zero-order valence-electron chi connectivity index (χ0n) is 80.1. The summed E-state index contributed by atoms with van der Waals surface area (Å²) in [6, 6.07) is 22.5. The van der Waals surface area contributed by atoms with E-state index in [1.807, 2.05) is 49.6 Å². The number of aromatic nitrogens is 24. The Morgan fingerprint density at radius 3 is 1.01 bits per heavy atom. The monoisotopic (exact) mass is 2090 g/mol. The van der Waals surface area contributed by atoms with Crippen LogP contribution in [0.2, 0.25) is 5.02 Å². The average molecular weight is 2090 g/mol. The molecule has 0 saturated heterocycles. The summed E-state index contributed by atoms with van der Waals surface area (Å²) < 4.78 is 44.4. The number of hydrogen-bond acceptors (Lipinski definition) is 48. The van der Waals surface area contributed by atoms with Gasteiger partial charge in [-0.25, -0.2) is 54.6 Å². The van der Waals surface area contributed by atoms with Crippen LogP contribution in [0.15, 0.2) is 139 Å². The van der Waals surface area contributed by atoms with Gasteiger partial charge in [-0.15, -0.1) is 0 Å². The van der Waals surface area contributed by atoms with Gasteiger partial charge in [0.15, 0.2) is 46.5 Å². The average Bonchev–Trinajstić information content (AvgIpc) is 0.922. The number of nitrogens with zero attached hydrogens (tertiary/aromatic N) is 24. The summed E-state index contributed by atoms with van der Waals surface area (Å²) in [5.74, 6) is 5.84. The highest BCUT2D eigenvalue weighted by Crippen LogP contribution is 2.32. The molecule has 0 bridgehead atoms. The van der Waals surface area contributed by atoms with Gasteiger partial charge in [0.25, 0.3) is 0 Å². The number of carbonyl (C=O) groups is 1. The van der Waals surface area contributed by atoms with E-state index in [0.29, 0.717) is 144 Å². The minimum absolute atomic E-state index is 0.00359. The largest absolute Gasteiger partial charge is 0.467 e. The molecule has 0 fully saturated rings. The van der Waals surface area contributed by atoms with Gasteiger partial charge in [-0.2, -0.15) is 64.8 Å². The molecule has 29 N–H and O–H groups in total. The number of aliphatic hydroxyl groups excluding tert-OH is 5. The first kappa shape index (κ1) is 113. The maximum atomic E-state index is 12.9. The van der Waals surface area contributed by atoms with Crippen LogP contribution < -0.4 is 88.4 Å². The van der Waals surface area contributed by atoms with Crippen LogP contribution in [0.4, 0.5) is 107 Å². The van der Waals surface area contributed by atoms with Crippen LogP contribution in [0, 0.1) is 0 Å². The number of halogens is 5. The number of esters is 1. The third-order valence-electron chi connectivity index (χ3n) is 20.0. The molecule has 0 amide bonds. The SMILES string of the molecule is CCCCNc1nc(N)nc2cccnc12.CCC[C@@H](CO)Nc1nc(N)nc2cc(Br)cnc12.CCC[C@@H](CO)Nc1nc(N)nc2cc(Cl)cnc12.CCC[C@H](Nc1nc(N)nc2cccnc12)C(=O)OC.CCC[C@H](Nc1nc(N)nc2cccnc12)C(F)(F)F.CSCC[C@@H](CO)Nc1nc(N)nc2cccnc12.Nc1nc(NCCCO)c2ncccc2n1.Nc1nc(NCCO)c2ncccc2n1. The van der Waals surface area contributed by atoms with Gasteiger partial charge >= 0.3 is 12.1 Å². The quantitative estimate of drug-likeness (QED) is 0.0128. The Hall–Kier alpha value is -15.1. The zero-order valence-corrected chi connectivity index (χ0v) is 83.3. The lowest BCUT2D eigenvalue weighted by molar-refractivity contribution is -0.144. The number of carbonyl (C=O) groups excluding carboxylic acids is 1. The molecule has 766 valence electrons. The fourth-order valence-electron chi connectivity index (χ4n) is 13.4. The molecule has 5 atom stereocenters. The minimum Gasteiger partial charge on any atom is -0.467 e. The molecule has 0 unspecified atom stereocenters. The van der Waals surface area contributed by atoms with E-state index in [1.54, 1.807) is 104 Å². The number of unbranched alkanes of at least 4 members (excludes halogenated alkanes) is 1. The van der Waals surface area contributed by atoms with Gasteiger partial charge < -0.3 is 119 Å². The molecular weight excluding hydrogens is 1970 g/mol. The van der Waals surface area contributed by atoms with E-state index in [9.17, 15) is 33.3 Å². The second kappa shape index (κ2) is 58.3. The summed E-state index contributed by atoms with van der Waals surface area (Å²) in [6.07, 6.45) is 19.9. The number of hydrogen-bond donors (Lipinski definition) is 21. The van der Waals surface area contributed by atoms with Crippen LogP contribution in [-0.2, 0) is 9.53 Å². The summed E-state index contributed by atoms with van der Waals surface area (Å²) in [5.41, 5.74) is 55.0. The number of nitrogen functional groups attached to an aromatic ring is 8. The van der Waals surface area contributed by atoms with Gasteiger partial charge in [0.05, 0.1) is 101 Å². The lowest BCUT2D eigenvalue weighted by Crippen LogP contribution is -2.36. The molecular formula is C91H119BrClF3N40O7S. The van der Waals surface area contributed by atoms with Crippen LogP contribution in [0.5, 0.6) is 0 Å². The van der Waals surface area contributed by atoms with Crippen LogP contribution in [0.1, 0.15) is 112 Å².